The minimum absolute atomic E-state index is 0.0807. The van der Waals surface area contributed by atoms with Crippen LogP contribution < -0.4 is 11.1 Å². The second-order valence-electron chi connectivity index (χ2n) is 6.54. The lowest BCUT2D eigenvalue weighted by Crippen LogP contribution is -2.56. The predicted octanol–water partition coefficient (Wildman–Crippen LogP) is 3.31. The summed E-state index contributed by atoms with van der Waals surface area (Å²) in [5.74, 6) is 0.541. The molecule has 1 aromatic carbocycles. The minimum Gasteiger partial charge on any atom is -0.349 e. The highest BCUT2D eigenvalue weighted by atomic mass is 16.2. The van der Waals surface area contributed by atoms with Crippen LogP contribution in [0.3, 0.4) is 0 Å². The fourth-order valence-electron chi connectivity index (χ4n) is 2.42. The maximum absolute atomic E-state index is 12.9. The first-order valence-corrected chi connectivity index (χ1v) is 7.92. The Kier molecular flexibility index (Phi) is 6.41. The van der Waals surface area contributed by atoms with Gasteiger partial charge in [-0.05, 0) is 24.3 Å². The van der Waals surface area contributed by atoms with Gasteiger partial charge in [-0.15, -0.1) is 0 Å². The van der Waals surface area contributed by atoms with Crippen molar-refractivity contribution in [1.29, 1.82) is 0 Å². The lowest BCUT2D eigenvalue weighted by atomic mass is 9.82. The van der Waals surface area contributed by atoms with E-state index < -0.39 is 0 Å². The van der Waals surface area contributed by atoms with E-state index in [1.807, 2.05) is 37.3 Å². The van der Waals surface area contributed by atoms with Crippen LogP contribution in [0.15, 0.2) is 30.3 Å². The second kappa shape index (κ2) is 7.60. The highest BCUT2D eigenvalue weighted by Gasteiger charge is 2.33. The summed E-state index contributed by atoms with van der Waals surface area (Å²) in [6, 6.07) is 10.0. The monoisotopic (exact) mass is 290 g/mol. The number of rotatable bonds is 7. The first-order valence-electron chi connectivity index (χ1n) is 7.92. The molecule has 0 heterocycles. The number of nitrogens with two attached hydrogens (primary N) is 1. The van der Waals surface area contributed by atoms with E-state index in [9.17, 15) is 4.79 Å². The highest BCUT2D eigenvalue weighted by molar-refractivity contribution is 5.84. The Labute approximate surface area is 129 Å². The van der Waals surface area contributed by atoms with Crippen molar-refractivity contribution in [2.24, 2.45) is 17.6 Å². The van der Waals surface area contributed by atoms with E-state index in [-0.39, 0.29) is 17.4 Å². The highest BCUT2D eigenvalue weighted by Crippen LogP contribution is 2.28. The van der Waals surface area contributed by atoms with Crippen LogP contribution in [-0.2, 0) is 4.79 Å². The third kappa shape index (κ3) is 4.31. The maximum atomic E-state index is 12.9. The molecule has 3 nitrogen and oxygen atoms in total. The first-order chi connectivity index (χ1) is 9.85. The van der Waals surface area contributed by atoms with Crippen molar-refractivity contribution in [3.05, 3.63) is 35.9 Å². The average Bonchev–Trinajstić information content (AvgIpc) is 2.47. The smallest absolute Gasteiger partial charge is 0.228 e. The molecule has 0 radical (unpaired) electrons. The molecule has 0 bridgehead atoms. The van der Waals surface area contributed by atoms with Gasteiger partial charge in [0, 0.05) is 6.54 Å². The molecule has 3 unspecified atom stereocenters. The molecule has 0 aliphatic rings. The molecule has 0 saturated heterocycles. The summed E-state index contributed by atoms with van der Waals surface area (Å²) in [5, 5.41) is 3.19. The zero-order valence-electron chi connectivity index (χ0n) is 14.0. The van der Waals surface area contributed by atoms with Gasteiger partial charge in [-0.25, -0.2) is 0 Å². The van der Waals surface area contributed by atoms with Crippen LogP contribution in [0.4, 0.5) is 0 Å². The van der Waals surface area contributed by atoms with Gasteiger partial charge >= 0.3 is 0 Å². The Hall–Kier alpha value is -1.35. The average molecular weight is 290 g/mol. The molecule has 0 aliphatic carbocycles. The molecule has 0 aliphatic heterocycles. The molecular formula is C18H30N2O. The molecule has 3 N–H and O–H groups in total. The Morgan fingerprint density at radius 1 is 1.24 bits per heavy atom. The Balaban J connectivity index is 3.02. The van der Waals surface area contributed by atoms with Gasteiger partial charge in [0.15, 0.2) is 0 Å². The summed E-state index contributed by atoms with van der Waals surface area (Å²) >= 11 is 0. The van der Waals surface area contributed by atoms with Crippen molar-refractivity contribution >= 4 is 5.91 Å². The van der Waals surface area contributed by atoms with E-state index >= 15 is 0 Å². The molecule has 0 spiro atoms. The minimum atomic E-state index is -0.364. The van der Waals surface area contributed by atoms with E-state index in [0.29, 0.717) is 18.4 Å². The Bertz CT molecular complexity index is 444. The number of carbonyl (C=O) groups is 1. The number of carbonyl (C=O) groups excluding carboxylic acids is 1. The largest absolute Gasteiger partial charge is 0.349 e. The number of hydrogen-bond acceptors (Lipinski definition) is 2. The molecule has 1 amide bonds. The van der Waals surface area contributed by atoms with Gasteiger partial charge in [-0.1, -0.05) is 64.4 Å². The van der Waals surface area contributed by atoms with E-state index in [1.54, 1.807) is 0 Å². The molecule has 21 heavy (non-hydrogen) atoms. The predicted molar refractivity (Wildman–Crippen MR) is 89.1 cm³/mol. The van der Waals surface area contributed by atoms with Gasteiger partial charge < -0.3 is 11.1 Å². The summed E-state index contributed by atoms with van der Waals surface area (Å²) in [6.07, 6.45) is 0.966. The van der Waals surface area contributed by atoms with Crippen LogP contribution in [0.25, 0.3) is 0 Å². The molecule has 3 heteroatoms. The number of amides is 1. The lowest BCUT2D eigenvalue weighted by molar-refractivity contribution is -0.126. The standard InChI is InChI=1S/C18H30N2O/c1-6-14(4)16(15-10-8-7-9-11-15)17(21)20-18(5,12-19)13(2)3/h7-11,13-14,16H,6,12,19H2,1-5H3,(H,20,21). The molecule has 1 aromatic rings. The van der Waals surface area contributed by atoms with Crippen LogP contribution in [-0.4, -0.2) is 18.0 Å². The molecule has 0 saturated carbocycles. The van der Waals surface area contributed by atoms with Gasteiger partial charge in [0.1, 0.15) is 0 Å². The second-order valence-corrected chi connectivity index (χ2v) is 6.54. The van der Waals surface area contributed by atoms with Crippen LogP contribution in [0.1, 0.15) is 52.5 Å². The van der Waals surface area contributed by atoms with Crippen LogP contribution in [0.5, 0.6) is 0 Å². The number of nitrogens with one attached hydrogen (secondary N) is 1. The topological polar surface area (TPSA) is 55.1 Å². The third-order valence-corrected chi connectivity index (χ3v) is 4.76. The Morgan fingerprint density at radius 2 is 1.81 bits per heavy atom. The molecular weight excluding hydrogens is 260 g/mol. The maximum Gasteiger partial charge on any atom is 0.228 e. The molecule has 3 atom stereocenters. The van der Waals surface area contributed by atoms with Crippen molar-refractivity contribution in [2.45, 2.75) is 52.5 Å². The van der Waals surface area contributed by atoms with Gasteiger partial charge in [-0.3, -0.25) is 4.79 Å². The van der Waals surface area contributed by atoms with E-state index in [2.05, 4.69) is 33.0 Å². The van der Waals surface area contributed by atoms with Gasteiger partial charge in [-0.2, -0.15) is 0 Å². The molecule has 1 rings (SSSR count). The summed E-state index contributed by atoms with van der Waals surface area (Å²) in [5.41, 5.74) is 6.60. The Morgan fingerprint density at radius 3 is 2.24 bits per heavy atom. The normalized spacial score (nSPS) is 17.1. The summed E-state index contributed by atoms with van der Waals surface area (Å²) in [7, 11) is 0. The van der Waals surface area contributed by atoms with E-state index in [0.717, 1.165) is 12.0 Å². The van der Waals surface area contributed by atoms with E-state index in [1.165, 1.54) is 0 Å². The van der Waals surface area contributed by atoms with Crippen LogP contribution in [0.2, 0.25) is 0 Å². The zero-order valence-corrected chi connectivity index (χ0v) is 14.0. The number of benzene rings is 1. The fourth-order valence-corrected chi connectivity index (χ4v) is 2.42. The quantitative estimate of drug-likeness (QED) is 0.809. The summed E-state index contributed by atoms with van der Waals surface area (Å²) < 4.78 is 0. The van der Waals surface area contributed by atoms with Crippen molar-refractivity contribution in [3.63, 3.8) is 0 Å². The van der Waals surface area contributed by atoms with Crippen molar-refractivity contribution in [1.82, 2.24) is 5.32 Å². The van der Waals surface area contributed by atoms with Crippen molar-refractivity contribution in [3.8, 4) is 0 Å². The third-order valence-electron chi connectivity index (χ3n) is 4.76. The number of hydrogen-bond donors (Lipinski definition) is 2. The summed E-state index contributed by atoms with van der Waals surface area (Å²) in [6.45, 7) is 10.9. The molecule has 0 aromatic heterocycles. The van der Waals surface area contributed by atoms with E-state index in [4.69, 9.17) is 5.73 Å². The lowest BCUT2D eigenvalue weighted by Gasteiger charge is -2.36. The molecule has 118 valence electrons. The van der Waals surface area contributed by atoms with Crippen molar-refractivity contribution in [2.75, 3.05) is 6.54 Å². The summed E-state index contributed by atoms with van der Waals surface area (Å²) in [4.78, 5) is 12.9. The van der Waals surface area contributed by atoms with Crippen molar-refractivity contribution < 1.29 is 4.79 Å². The SMILES string of the molecule is CCC(C)C(C(=O)NC(C)(CN)C(C)C)c1ccccc1. The van der Waals surface area contributed by atoms with Gasteiger partial charge in [0.05, 0.1) is 11.5 Å². The molecule has 0 fully saturated rings. The van der Waals surface area contributed by atoms with Crippen LogP contribution in [0, 0.1) is 11.8 Å². The van der Waals surface area contributed by atoms with Gasteiger partial charge in [0.25, 0.3) is 0 Å². The first kappa shape index (κ1) is 17.7. The fraction of sp³-hybridized carbons (Fsp3) is 0.611. The van der Waals surface area contributed by atoms with Gasteiger partial charge in [0.2, 0.25) is 5.91 Å². The zero-order chi connectivity index (χ0) is 16.0. The van der Waals surface area contributed by atoms with Crippen LogP contribution >= 0.6 is 0 Å².